The fourth-order valence-electron chi connectivity index (χ4n) is 6.64. The number of phenolic OH excluding ortho intramolecular Hbond substituents is 10. The zero-order chi connectivity index (χ0) is 44.7. The van der Waals surface area contributed by atoms with Crippen LogP contribution in [0.1, 0.15) is 48.4 Å². The molecule has 4 rings (SSSR count). The van der Waals surface area contributed by atoms with Crippen LogP contribution in [0.4, 0.5) is 4.79 Å². The minimum atomic E-state index is -4.47. The lowest BCUT2D eigenvalue weighted by molar-refractivity contribution is -0.316. The van der Waals surface area contributed by atoms with Crippen LogP contribution in [0, 0.1) is 13.8 Å². The van der Waals surface area contributed by atoms with Crippen molar-refractivity contribution in [2.45, 2.75) is 75.4 Å². The molecule has 1 fully saturated rings. The fourth-order valence-corrected chi connectivity index (χ4v) is 6.64. The number of benzene rings is 3. The number of urea groups is 1. The summed E-state index contributed by atoms with van der Waals surface area (Å²) in [5.74, 6) is -28.3. The third-order valence-electron chi connectivity index (χ3n) is 10.1. The van der Waals surface area contributed by atoms with Crippen LogP contribution < -0.4 is 15.4 Å². The van der Waals surface area contributed by atoms with Crippen LogP contribution in [-0.2, 0) is 21.2 Å². The molecule has 3 aromatic rings. The lowest BCUT2D eigenvalue weighted by Crippen LogP contribution is -2.64. The Labute approximate surface area is 332 Å². The van der Waals surface area contributed by atoms with E-state index in [1.54, 1.807) is 32.0 Å². The average Bonchev–Trinajstić information content (AvgIpc) is 3.16. The van der Waals surface area contributed by atoms with Crippen molar-refractivity contribution in [2.24, 2.45) is 0 Å². The first-order chi connectivity index (χ1) is 27.2. The molecule has 1 heterocycles. The normalized spacial score (nSPS) is 16.1. The fraction of sp³-hybridized carbons (Fsp3) is 0.417. The Bertz CT molecular complexity index is 2060. The molecule has 0 bridgehead atoms. The molecular formula is C36H45N3O20. The largest absolute Gasteiger partial charge is 0.504 e. The third-order valence-corrected chi connectivity index (χ3v) is 10.1. The van der Waals surface area contributed by atoms with Crippen molar-refractivity contribution in [1.82, 2.24) is 15.5 Å². The zero-order valence-corrected chi connectivity index (χ0v) is 31.4. The highest BCUT2D eigenvalue weighted by Crippen LogP contribution is 2.57. The molecule has 3 amide bonds. The molecule has 18 N–H and O–H groups in total. The van der Waals surface area contributed by atoms with E-state index < -0.39 is 141 Å². The van der Waals surface area contributed by atoms with Crippen LogP contribution in [0.2, 0.25) is 0 Å². The lowest BCUT2D eigenvalue weighted by atomic mass is 9.75. The molecule has 1 aliphatic rings. The highest BCUT2D eigenvalue weighted by atomic mass is 16.5. The Morgan fingerprint density at radius 2 is 1.24 bits per heavy atom. The van der Waals surface area contributed by atoms with Crippen molar-refractivity contribution in [3.05, 3.63) is 40.5 Å². The number of phenols is 10. The molecule has 0 spiro atoms. The van der Waals surface area contributed by atoms with E-state index in [1.807, 2.05) is 5.32 Å². The van der Waals surface area contributed by atoms with Gasteiger partial charge in [0.2, 0.25) is 52.0 Å². The van der Waals surface area contributed by atoms with Gasteiger partial charge in [-0.05, 0) is 38.3 Å². The molecular weight excluding hydrogens is 794 g/mol. The van der Waals surface area contributed by atoms with E-state index in [9.17, 15) is 96.1 Å². The summed E-state index contributed by atoms with van der Waals surface area (Å²) < 4.78 is 5.56. The van der Waals surface area contributed by atoms with Crippen LogP contribution in [0.5, 0.6) is 63.2 Å². The molecule has 324 valence electrons. The number of aryl methyl sites for hydroxylation is 2. The van der Waals surface area contributed by atoms with Gasteiger partial charge < -0.3 is 102 Å². The van der Waals surface area contributed by atoms with Gasteiger partial charge in [0.05, 0.1) is 12.1 Å². The van der Waals surface area contributed by atoms with Crippen molar-refractivity contribution in [2.75, 3.05) is 19.7 Å². The molecule has 4 atom stereocenters. The molecule has 59 heavy (non-hydrogen) atoms. The number of hydrogen-bond donors (Lipinski definition) is 18. The number of nitrogens with one attached hydrogen (secondary N) is 2. The average molecular weight is 840 g/mol. The van der Waals surface area contributed by atoms with Crippen LogP contribution in [-0.4, -0.2) is 148 Å². The van der Waals surface area contributed by atoms with Crippen molar-refractivity contribution in [3.63, 3.8) is 0 Å². The monoisotopic (exact) mass is 839 g/mol. The predicted octanol–water partition coefficient (Wildman–Crippen LogP) is -1.86. The number of ether oxygens (including phenoxy) is 1. The maximum absolute atomic E-state index is 13.7. The minimum absolute atomic E-state index is 0.0266. The summed E-state index contributed by atoms with van der Waals surface area (Å²) in [5.41, 5.74) is -6.56. The first-order valence-electron chi connectivity index (χ1n) is 17.5. The number of amides is 3. The summed E-state index contributed by atoms with van der Waals surface area (Å²) in [5, 5.41) is 178. The number of nitrogens with zero attached hydrogens (tertiary/aromatic N) is 1. The topological polar surface area (TPSA) is 411 Å². The Balaban J connectivity index is 1.90. The zero-order valence-electron chi connectivity index (χ0n) is 31.4. The predicted molar refractivity (Wildman–Crippen MR) is 194 cm³/mol. The number of Topliss-reactive ketones (excluding diaryl/α,β-unsaturated/α-hetero) is 1. The number of hydrogen-bond acceptors (Lipinski definition) is 20. The Hall–Kier alpha value is -6.37. The molecule has 1 saturated heterocycles. The number of carbonyl (C=O) groups is 3. The van der Waals surface area contributed by atoms with Crippen molar-refractivity contribution < 1.29 is 101 Å². The summed E-state index contributed by atoms with van der Waals surface area (Å²) in [7, 11) is 0. The maximum Gasteiger partial charge on any atom is 0.318 e. The number of para-hydroxylation sites is 1. The second-order valence-electron chi connectivity index (χ2n) is 14.1. The molecule has 1 aliphatic heterocycles. The number of carbonyl (C=O) groups excluding carboxylic acids is 3. The van der Waals surface area contributed by atoms with Crippen LogP contribution in [0.15, 0.2) is 18.2 Å². The van der Waals surface area contributed by atoms with Gasteiger partial charge in [0.15, 0.2) is 34.4 Å². The molecule has 23 nitrogen and oxygen atoms in total. The molecule has 23 heteroatoms. The van der Waals surface area contributed by atoms with Crippen molar-refractivity contribution in [3.8, 4) is 63.2 Å². The molecule has 0 saturated carbocycles. The number of aliphatic hydroxyl groups is 6. The van der Waals surface area contributed by atoms with E-state index in [-0.39, 0.29) is 18.8 Å². The highest BCUT2D eigenvalue weighted by molar-refractivity contribution is 5.87. The number of rotatable bonds is 15. The second kappa shape index (κ2) is 16.5. The molecule has 4 unspecified atom stereocenters. The lowest BCUT2D eigenvalue weighted by Gasteiger charge is -2.45. The maximum atomic E-state index is 13.7. The summed E-state index contributed by atoms with van der Waals surface area (Å²) in [6.07, 6.45) is -6.20. The van der Waals surface area contributed by atoms with E-state index in [1.165, 1.54) is 0 Å². The van der Waals surface area contributed by atoms with Gasteiger partial charge in [-0.2, -0.15) is 0 Å². The summed E-state index contributed by atoms with van der Waals surface area (Å²) >= 11 is 0. The summed E-state index contributed by atoms with van der Waals surface area (Å²) in [6, 6.07) is -0.181. The molecule has 0 radical (unpaired) electrons. The second-order valence-corrected chi connectivity index (χ2v) is 14.1. The van der Waals surface area contributed by atoms with E-state index in [0.717, 1.165) is 11.8 Å². The van der Waals surface area contributed by atoms with Gasteiger partial charge in [0.1, 0.15) is 29.5 Å². The molecule has 3 aromatic carbocycles. The van der Waals surface area contributed by atoms with Crippen molar-refractivity contribution >= 4 is 17.7 Å². The third kappa shape index (κ3) is 8.06. The number of ketones is 1. The van der Waals surface area contributed by atoms with E-state index in [2.05, 4.69) is 5.32 Å². The summed E-state index contributed by atoms with van der Waals surface area (Å²) in [4.78, 5) is 40.7. The van der Waals surface area contributed by atoms with E-state index >= 15 is 0 Å². The summed E-state index contributed by atoms with van der Waals surface area (Å²) in [6.45, 7) is 3.52. The quantitative estimate of drug-likeness (QED) is 0.0453. The van der Waals surface area contributed by atoms with Gasteiger partial charge in [-0.15, -0.1) is 0 Å². The minimum Gasteiger partial charge on any atom is -0.504 e. The van der Waals surface area contributed by atoms with E-state index in [0.29, 0.717) is 17.5 Å². The molecule has 0 aromatic heterocycles. The Morgan fingerprint density at radius 3 is 1.71 bits per heavy atom. The van der Waals surface area contributed by atoms with E-state index in [4.69, 9.17) is 4.74 Å². The first kappa shape index (κ1) is 45.3. The van der Waals surface area contributed by atoms with Gasteiger partial charge in [-0.1, -0.05) is 18.2 Å². The van der Waals surface area contributed by atoms with Gasteiger partial charge in [-0.25, -0.2) is 4.79 Å². The first-order valence-corrected chi connectivity index (χ1v) is 17.5. The highest BCUT2D eigenvalue weighted by Gasteiger charge is 2.60. The van der Waals surface area contributed by atoms with Gasteiger partial charge in [0, 0.05) is 25.9 Å². The smallest absolute Gasteiger partial charge is 0.318 e. The van der Waals surface area contributed by atoms with Gasteiger partial charge in [0.25, 0.3) is 0 Å². The van der Waals surface area contributed by atoms with Crippen LogP contribution in [0.25, 0.3) is 0 Å². The molecule has 0 aliphatic carbocycles. The standard InChI is InChI=1S/C36H45N3O20/c1-13-6-4-7-14(2)31(13)59-12-16(40)11-34(54,36(57,58)20-23(44)27(48)30(51)28(49)24(20)45)18(41)10-17(38-32(52)15(3)39-9-5-8-37-33(39)53)35(55,56)19-21(42)25(46)29(50)26(47)22(19)43/h4,6-7,15,17-18,41-51,54-58H,5,8-12H2,1-3H3,(H,37,53)(H,38,52). The van der Waals surface area contributed by atoms with Gasteiger partial charge >= 0.3 is 6.03 Å². The Morgan fingerprint density at radius 1 is 0.780 bits per heavy atom. The van der Waals surface area contributed by atoms with Gasteiger partial charge in [-0.3, -0.25) is 9.59 Å². The van der Waals surface area contributed by atoms with Crippen molar-refractivity contribution in [1.29, 1.82) is 0 Å². The Kier molecular flexibility index (Phi) is 12.7. The SMILES string of the molecule is Cc1cccc(C)c1OCC(=O)CC(O)(C(O)CC(NC(=O)C(C)N1CCCNC1=O)C(O)(O)c1c(O)c(O)c(O)c(O)c1O)C(O)(O)c1c(O)c(O)c(O)c(O)c1O. The van der Waals surface area contributed by atoms with Crippen LogP contribution >= 0.6 is 0 Å². The number of aromatic hydroxyl groups is 10. The van der Waals surface area contributed by atoms with Crippen LogP contribution in [0.3, 0.4) is 0 Å². The number of aliphatic hydroxyl groups excluding tert-OH is 1.